The molecule has 1 amide bonds. The number of nitrogens with one attached hydrogen (secondary N) is 1. The normalized spacial score (nSPS) is 24.1. The number of carbonyl (C=O) groups excluding carboxylic acids is 1. The van der Waals surface area contributed by atoms with E-state index in [0.29, 0.717) is 0 Å². The molecule has 2 rings (SSSR count). The highest BCUT2D eigenvalue weighted by Crippen LogP contribution is 2.58. The summed E-state index contributed by atoms with van der Waals surface area (Å²) < 4.78 is 5.29. The first-order valence-electron chi connectivity index (χ1n) is 6.97. The minimum Gasteiger partial charge on any atom is -0.444 e. The second-order valence-electron chi connectivity index (χ2n) is 7.04. The molecular weight excluding hydrogens is 252 g/mol. The van der Waals surface area contributed by atoms with Gasteiger partial charge in [0.05, 0.1) is 0 Å². The van der Waals surface area contributed by atoms with E-state index in [0.717, 1.165) is 11.3 Å². The van der Waals surface area contributed by atoms with Crippen molar-refractivity contribution >= 4 is 11.8 Å². The molecule has 4 heteroatoms. The first-order chi connectivity index (χ1) is 9.13. The number of carbonyl (C=O) groups is 1. The molecule has 4 nitrogen and oxygen atoms in total. The monoisotopic (exact) mass is 276 g/mol. The van der Waals surface area contributed by atoms with Gasteiger partial charge in [-0.2, -0.15) is 0 Å². The molecule has 0 saturated heterocycles. The topological polar surface area (TPSA) is 64.3 Å². The van der Waals surface area contributed by atoms with Gasteiger partial charge in [-0.1, -0.05) is 32.0 Å². The van der Waals surface area contributed by atoms with Crippen LogP contribution in [0.25, 0.3) is 0 Å². The fraction of sp³-hybridized carbons (Fsp3) is 0.562. The van der Waals surface area contributed by atoms with Crippen molar-refractivity contribution in [2.45, 2.75) is 52.2 Å². The Morgan fingerprint density at radius 1 is 1.30 bits per heavy atom. The van der Waals surface area contributed by atoms with E-state index >= 15 is 0 Å². The van der Waals surface area contributed by atoms with Crippen LogP contribution in [-0.2, 0) is 4.74 Å². The molecule has 1 aliphatic rings. The summed E-state index contributed by atoms with van der Waals surface area (Å²) in [4.78, 5) is 11.9. The molecule has 1 aromatic carbocycles. The second-order valence-corrected chi connectivity index (χ2v) is 7.04. The van der Waals surface area contributed by atoms with Crippen molar-refractivity contribution in [3.63, 3.8) is 0 Å². The predicted octanol–water partition coefficient (Wildman–Crippen LogP) is 3.48. The fourth-order valence-electron chi connectivity index (χ4n) is 2.57. The number of amides is 1. The van der Waals surface area contributed by atoms with Crippen molar-refractivity contribution in [1.82, 2.24) is 0 Å². The third-order valence-corrected chi connectivity index (χ3v) is 3.84. The van der Waals surface area contributed by atoms with Crippen molar-refractivity contribution in [2.75, 3.05) is 5.32 Å². The van der Waals surface area contributed by atoms with Gasteiger partial charge in [0.25, 0.3) is 0 Å². The van der Waals surface area contributed by atoms with E-state index < -0.39 is 11.7 Å². The van der Waals surface area contributed by atoms with E-state index in [1.807, 2.05) is 45.0 Å². The van der Waals surface area contributed by atoms with Gasteiger partial charge in [0.2, 0.25) is 0 Å². The van der Waals surface area contributed by atoms with Crippen molar-refractivity contribution in [1.29, 1.82) is 0 Å². The van der Waals surface area contributed by atoms with Crippen molar-refractivity contribution in [3.05, 3.63) is 29.8 Å². The lowest BCUT2D eigenvalue weighted by atomic mass is 10.0. The van der Waals surface area contributed by atoms with Crippen LogP contribution in [0.1, 0.15) is 46.1 Å². The molecule has 0 heterocycles. The van der Waals surface area contributed by atoms with Crippen LogP contribution in [0.4, 0.5) is 10.5 Å². The average Bonchev–Trinajstić information content (AvgIpc) is 2.76. The van der Waals surface area contributed by atoms with Gasteiger partial charge in [-0.25, -0.2) is 4.79 Å². The Morgan fingerprint density at radius 3 is 2.35 bits per heavy atom. The Balaban J connectivity index is 2.16. The summed E-state index contributed by atoms with van der Waals surface area (Å²) in [5.41, 5.74) is 7.57. The zero-order chi connectivity index (χ0) is 15.1. The Morgan fingerprint density at radius 2 is 1.85 bits per heavy atom. The molecule has 1 aliphatic carbocycles. The molecule has 1 fully saturated rings. The third-order valence-electron chi connectivity index (χ3n) is 3.84. The Kier molecular flexibility index (Phi) is 3.54. The lowest BCUT2D eigenvalue weighted by Crippen LogP contribution is -2.27. The molecule has 1 aromatic rings. The third kappa shape index (κ3) is 2.96. The smallest absolute Gasteiger partial charge is 0.412 e. The highest BCUT2D eigenvalue weighted by molar-refractivity contribution is 5.86. The zero-order valence-electron chi connectivity index (χ0n) is 12.9. The minimum atomic E-state index is -0.506. The van der Waals surface area contributed by atoms with E-state index in [4.69, 9.17) is 10.5 Å². The molecule has 20 heavy (non-hydrogen) atoms. The maximum atomic E-state index is 11.9. The molecule has 2 atom stereocenters. The summed E-state index contributed by atoms with van der Waals surface area (Å²) in [6.07, 6.45) is -0.433. The lowest BCUT2D eigenvalue weighted by Gasteiger charge is -2.20. The van der Waals surface area contributed by atoms with Crippen LogP contribution in [0.2, 0.25) is 0 Å². The van der Waals surface area contributed by atoms with Crippen LogP contribution in [0.3, 0.4) is 0 Å². The average molecular weight is 276 g/mol. The van der Waals surface area contributed by atoms with Crippen molar-refractivity contribution < 1.29 is 9.53 Å². The van der Waals surface area contributed by atoms with Crippen LogP contribution in [0, 0.1) is 5.41 Å². The number of anilines is 1. The Hall–Kier alpha value is -1.55. The number of rotatable bonds is 2. The van der Waals surface area contributed by atoms with E-state index in [9.17, 15) is 4.79 Å². The van der Waals surface area contributed by atoms with E-state index in [-0.39, 0.29) is 17.4 Å². The molecular formula is C16H24N2O2. The van der Waals surface area contributed by atoms with Gasteiger partial charge in [0.1, 0.15) is 5.60 Å². The second kappa shape index (κ2) is 4.77. The summed E-state index contributed by atoms with van der Waals surface area (Å²) in [6.45, 7) is 9.83. The van der Waals surface area contributed by atoms with Gasteiger partial charge in [-0.3, -0.25) is 5.32 Å². The maximum Gasteiger partial charge on any atom is 0.412 e. The van der Waals surface area contributed by atoms with Gasteiger partial charge >= 0.3 is 6.09 Å². The largest absolute Gasteiger partial charge is 0.444 e. The first-order valence-corrected chi connectivity index (χ1v) is 6.97. The maximum absolute atomic E-state index is 11.9. The van der Waals surface area contributed by atoms with Crippen LogP contribution < -0.4 is 11.1 Å². The summed E-state index contributed by atoms with van der Waals surface area (Å²) in [5.74, 6) is 0.272. The number of nitrogens with two attached hydrogens (primary N) is 1. The van der Waals surface area contributed by atoms with Crippen LogP contribution >= 0.6 is 0 Å². The Labute approximate surface area is 120 Å². The molecule has 1 saturated carbocycles. The first kappa shape index (κ1) is 14.9. The van der Waals surface area contributed by atoms with Crippen LogP contribution in [0.5, 0.6) is 0 Å². The summed E-state index contributed by atoms with van der Waals surface area (Å²) in [6, 6.07) is 7.91. The molecule has 0 radical (unpaired) electrons. The number of benzene rings is 1. The molecule has 0 aromatic heterocycles. The van der Waals surface area contributed by atoms with Gasteiger partial charge in [0.15, 0.2) is 0 Å². The van der Waals surface area contributed by atoms with Gasteiger partial charge in [-0.05, 0) is 37.8 Å². The van der Waals surface area contributed by atoms with Gasteiger partial charge in [-0.15, -0.1) is 0 Å². The standard InChI is InChI=1S/C16H24N2O2/c1-15(2,3)20-14(19)18-11-9-7-6-8-10(11)12-13(17)16(12,4)5/h6-9,12-13H,17H2,1-5H3,(H,18,19)/t12-,13-/m1/s1. The number of hydrogen-bond donors (Lipinski definition) is 2. The summed E-state index contributed by atoms with van der Waals surface area (Å²) in [7, 11) is 0. The lowest BCUT2D eigenvalue weighted by molar-refractivity contribution is 0.0635. The van der Waals surface area contributed by atoms with Crippen molar-refractivity contribution in [3.8, 4) is 0 Å². The summed E-state index contributed by atoms with van der Waals surface area (Å²) in [5, 5.41) is 2.83. The zero-order valence-corrected chi connectivity index (χ0v) is 12.9. The number of hydrogen-bond acceptors (Lipinski definition) is 3. The van der Waals surface area contributed by atoms with Gasteiger partial charge < -0.3 is 10.5 Å². The SMILES string of the molecule is CC(C)(C)OC(=O)Nc1ccccc1[C@@H]1[C@@H](N)C1(C)C. The van der Waals surface area contributed by atoms with E-state index in [2.05, 4.69) is 19.2 Å². The molecule has 0 aliphatic heterocycles. The van der Waals surface area contributed by atoms with Gasteiger partial charge in [0, 0.05) is 17.6 Å². The summed E-state index contributed by atoms with van der Waals surface area (Å²) >= 11 is 0. The molecule has 0 bridgehead atoms. The quantitative estimate of drug-likeness (QED) is 0.869. The number of ether oxygens (including phenoxy) is 1. The molecule has 0 spiro atoms. The molecule has 3 N–H and O–H groups in total. The number of para-hydroxylation sites is 1. The highest BCUT2D eigenvalue weighted by atomic mass is 16.6. The molecule has 110 valence electrons. The fourth-order valence-corrected chi connectivity index (χ4v) is 2.57. The highest BCUT2D eigenvalue weighted by Gasteiger charge is 2.56. The van der Waals surface area contributed by atoms with Crippen LogP contribution in [-0.4, -0.2) is 17.7 Å². The van der Waals surface area contributed by atoms with E-state index in [1.54, 1.807) is 0 Å². The van der Waals surface area contributed by atoms with E-state index in [1.165, 1.54) is 0 Å². The minimum absolute atomic E-state index is 0.0751. The molecule has 0 unspecified atom stereocenters. The van der Waals surface area contributed by atoms with Crippen molar-refractivity contribution in [2.24, 2.45) is 11.1 Å². The Bertz CT molecular complexity index is 517. The predicted molar refractivity (Wildman–Crippen MR) is 80.8 cm³/mol. The van der Waals surface area contributed by atoms with Crippen LogP contribution in [0.15, 0.2) is 24.3 Å².